The lowest BCUT2D eigenvalue weighted by Gasteiger charge is -2.37. The van der Waals surface area contributed by atoms with Crippen molar-refractivity contribution in [3.63, 3.8) is 0 Å². The molecule has 240 valence electrons. The van der Waals surface area contributed by atoms with E-state index in [0.717, 1.165) is 19.3 Å². The second kappa shape index (κ2) is 12.3. The first-order valence-electron chi connectivity index (χ1n) is 15.8. The molecule has 3 aliphatic carbocycles. The minimum Gasteiger partial charge on any atom is -0.496 e. The summed E-state index contributed by atoms with van der Waals surface area (Å²) in [4.78, 5) is 39.9. The van der Waals surface area contributed by atoms with Crippen LogP contribution in [0.15, 0.2) is 12.1 Å². The van der Waals surface area contributed by atoms with E-state index in [2.05, 4.69) is 31.4 Å². The average molecular weight is 603 g/mol. The molecule has 0 unspecified atom stereocenters. The third kappa shape index (κ3) is 7.46. The van der Waals surface area contributed by atoms with Gasteiger partial charge < -0.3 is 24.8 Å². The number of methoxy groups -OCH3 is 1. The molecule has 0 spiro atoms. The summed E-state index contributed by atoms with van der Waals surface area (Å²) in [5.41, 5.74) is -1.11. The molecule has 2 N–H and O–H groups in total. The highest BCUT2D eigenvalue weighted by Gasteiger charge is 2.52. The van der Waals surface area contributed by atoms with E-state index in [1.54, 1.807) is 0 Å². The van der Waals surface area contributed by atoms with E-state index in [4.69, 9.17) is 14.2 Å². The number of rotatable bonds is 8. The summed E-state index contributed by atoms with van der Waals surface area (Å²) in [5.74, 6) is -1.07. The van der Waals surface area contributed by atoms with E-state index >= 15 is 4.39 Å². The van der Waals surface area contributed by atoms with E-state index in [9.17, 15) is 14.4 Å². The number of carbonyl (C=O) groups is 3. The zero-order valence-corrected chi connectivity index (χ0v) is 27.4. The van der Waals surface area contributed by atoms with Gasteiger partial charge in [-0.05, 0) is 103 Å². The normalized spacial score (nSPS) is 29.5. The molecule has 0 aromatic heterocycles. The van der Waals surface area contributed by atoms with Gasteiger partial charge in [0.05, 0.1) is 30.1 Å². The molecule has 0 radical (unpaired) electrons. The number of esters is 1. The number of benzene rings is 1. The van der Waals surface area contributed by atoms with Gasteiger partial charge in [0.2, 0.25) is 5.91 Å². The highest BCUT2D eigenvalue weighted by molar-refractivity contribution is 5.98. The van der Waals surface area contributed by atoms with E-state index in [1.807, 2.05) is 34.6 Å². The maximum atomic E-state index is 15.2. The first-order chi connectivity index (χ1) is 19.9. The van der Waals surface area contributed by atoms with Gasteiger partial charge in [0.1, 0.15) is 11.4 Å². The van der Waals surface area contributed by atoms with Crippen molar-refractivity contribution in [2.24, 2.45) is 28.6 Å². The lowest BCUT2D eigenvalue weighted by atomic mass is 9.74. The molecule has 1 aromatic carbocycles. The molecule has 1 aromatic rings. The van der Waals surface area contributed by atoms with E-state index in [1.165, 1.54) is 19.2 Å². The number of hydrogen-bond acceptors (Lipinski definition) is 6. The zero-order chi connectivity index (χ0) is 31.9. The smallest absolute Gasteiger partial charge is 0.312 e. The number of carbonyl (C=O) groups excluding carboxylic acids is 3. The fraction of sp³-hybridized carbons (Fsp3) is 0.735. The minimum absolute atomic E-state index is 0.0193. The fourth-order valence-electron chi connectivity index (χ4n) is 6.73. The molecule has 3 aliphatic rings. The van der Waals surface area contributed by atoms with Gasteiger partial charge in [-0.3, -0.25) is 14.4 Å². The van der Waals surface area contributed by atoms with Crippen LogP contribution in [-0.4, -0.2) is 48.7 Å². The molecular formula is C34H51FN2O6. The molecule has 2 amide bonds. The molecule has 5 atom stereocenters. The Bertz CT molecular complexity index is 1210. The third-order valence-corrected chi connectivity index (χ3v) is 9.89. The molecule has 43 heavy (non-hydrogen) atoms. The van der Waals surface area contributed by atoms with Gasteiger partial charge in [-0.1, -0.05) is 20.8 Å². The number of nitrogens with one attached hydrogen (secondary N) is 2. The SMILES string of the molecule is COc1cc(F)c(O[C@H]2CC[C@@](C)(C(=O)OC(C)(C)C)CC2)cc1C(=O)N[C@@H]1[C@H]2CC[C@H](C2)[C@@H]1C(=O)N[C@H](C)C(C)(C)C. The largest absolute Gasteiger partial charge is 0.496 e. The van der Waals surface area contributed by atoms with E-state index in [-0.39, 0.29) is 70.3 Å². The number of halogens is 1. The Morgan fingerprint density at radius 3 is 2.19 bits per heavy atom. The van der Waals surface area contributed by atoms with Gasteiger partial charge in [0.25, 0.3) is 5.91 Å². The number of hydrogen-bond donors (Lipinski definition) is 2. The summed E-state index contributed by atoms with van der Waals surface area (Å²) >= 11 is 0. The molecule has 3 saturated carbocycles. The maximum absolute atomic E-state index is 15.2. The summed E-state index contributed by atoms with van der Waals surface area (Å²) < 4.78 is 32.2. The third-order valence-electron chi connectivity index (χ3n) is 9.89. The van der Waals surface area contributed by atoms with Crippen molar-refractivity contribution in [2.45, 2.75) is 124 Å². The predicted molar refractivity (Wildman–Crippen MR) is 162 cm³/mol. The lowest BCUT2D eigenvalue weighted by molar-refractivity contribution is -0.169. The average Bonchev–Trinajstić information content (AvgIpc) is 3.51. The van der Waals surface area contributed by atoms with Crippen molar-refractivity contribution in [3.8, 4) is 11.5 Å². The standard InChI is InChI=1S/C34H51FN2O6/c1-19(32(2,3)4)36-30(39)27-20-10-11-21(16-20)28(27)37-29(38)23-17-26(24(35)18-25(23)41-9)42-22-12-14-34(8,15-13-22)31(40)43-33(5,6)7/h17-22,27-28H,10-16H2,1-9H3,(H,36,39)(H,37,38)/t19-,20-,21+,22-,27+,28-,34+/m1/s1. The Morgan fingerprint density at radius 2 is 1.60 bits per heavy atom. The first kappa shape index (κ1) is 33.1. The van der Waals surface area contributed by atoms with Crippen LogP contribution in [0.5, 0.6) is 11.5 Å². The van der Waals surface area contributed by atoms with Crippen molar-refractivity contribution in [1.82, 2.24) is 10.6 Å². The second-order valence-electron chi connectivity index (χ2n) is 15.3. The minimum atomic E-state index is -0.623. The first-order valence-corrected chi connectivity index (χ1v) is 15.8. The van der Waals surface area contributed by atoms with Crippen LogP contribution in [0.25, 0.3) is 0 Å². The van der Waals surface area contributed by atoms with Gasteiger partial charge in [-0.25, -0.2) is 4.39 Å². The van der Waals surface area contributed by atoms with Crippen LogP contribution in [-0.2, 0) is 14.3 Å². The van der Waals surface area contributed by atoms with Gasteiger partial charge >= 0.3 is 5.97 Å². The molecule has 9 heteroatoms. The number of ether oxygens (including phenoxy) is 3. The molecule has 2 bridgehead atoms. The number of amides is 2. The molecule has 0 heterocycles. The fourth-order valence-corrected chi connectivity index (χ4v) is 6.73. The van der Waals surface area contributed by atoms with Gasteiger partial charge in [0, 0.05) is 18.2 Å². The van der Waals surface area contributed by atoms with Crippen molar-refractivity contribution < 1.29 is 33.0 Å². The number of fused-ring (bicyclic) bond motifs is 2. The van der Waals surface area contributed by atoms with Crippen LogP contribution in [0, 0.1) is 34.4 Å². The topological polar surface area (TPSA) is 103 Å². The van der Waals surface area contributed by atoms with Gasteiger partial charge in [-0.15, -0.1) is 0 Å². The summed E-state index contributed by atoms with van der Waals surface area (Å²) in [6, 6.07) is 2.25. The summed E-state index contributed by atoms with van der Waals surface area (Å²) in [7, 11) is 1.40. The van der Waals surface area contributed by atoms with E-state index < -0.39 is 22.7 Å². The highest BCUT2D eigenvalue weighted by Crippen LogP contribution is 2.49. The summed E-state index contributed by atoms with van der Waals surface area (Å²) in [6.45, 7) is 15.7. The quantitative estimate of drug-likeness (QED) is 0.344. The Balaban J connectivity index is 1.46. The predicted octanol–water partition coefficient (Wildman–Crippen LogP) is 6.20. The van der Waals surface area contributed by atoms with Crippen LogP contribution >= 0.6 is 0 Å². The zero-order valence-electron chi connectivity index (χ0n) is 27.4. The molecule has 3 fully saturated rings. The Labute approximate surface area is 256 Å². The summed E-state index contributed by atoms with van der Waals surface area (Å²) in [6.07, 6.45) is 4.76. The molecule has 8 nitrogen and oxygen atoms in total. The van der Waals surface area contributed by atoms with Crippen molar-refractivity contribution >= 4 is 17.8 Å². The Kier molecular flexibility index (Phi) is 9.44. The van der Waals surface area contributed by atoms with Gasteiger partial charge in [0.15, 0.2) is 11.6 Å². The van der Waals surface area contributed by atoms with Crippen LogP contribution in [0.2, 0.25) is 0 Å². The van der Waals surface area contributed by atoms with Crippen LogP contribution < -0.4 is 20.1 Å². The Morgan fingerprint density at radius 1 is 0.977 bits per heavy atom. The maximum Gasteiger partial charge on any atom is 0.312 e. The van der Waals surface area contributed by atoms with Crippen molar-refractivity contribution in [3.05, 3.63) is 23.5 Å². The lowest BCUT2D eigenvalue weighted by Crippen LogP contribution is -2.52. The van der Waals surface area contributed by atoms with Crippen molar-refractivity contribution in [2.75, 3.05) is 7.11 Å². The second-order valence-corrected chi connectivity index (χ2v) is 15.3. The van der Waals surface area contributed by atoms with Crippen LogP contribution in [0.3, 0.4) is 0 Å². The highest BCUT2D eigenvalue weighted by atomic mass is 19.1. The summed E-state index contributed by atoms with van der Waals surface area (Å²) in [5, 5.41) is 6.31. The van der Waals surface area contributed by atoms with Crippen LogP contribution in [0.1, 0.15) is 111 Å². The monoisotopic (exact) mass is 602 g/mol. The molecule has 4 rings (SSSR count). The van der Waals surface area contributed by atoms with Crippen molar-refractivity contribution in [1.29, 1.82) is 0 Å². The van der Waals surface area contributed by atoms with E-state index in [0.29, 0.717) is 25.7 Å². The molecule has 0 saturated heterocycles. The molecular weight excluding hydrogens is 551 g/mol. The Hall–Kier alpha value is -2.84. The van der Waals surface area contributed by atoms with Crippen LogP contribution in [0.4, 0.5) is 4.39 Å². The molecule has 0 aliphatic heterocycles. The van der Waals surface area contributed by atoms with Gasteiger partial charge in [-0.2, -0.15) is 0 Å².